The summed E-state index contributed by atoms with van der Waals surface area (Å²) in [7, 11) is 0. The molecule has 87 valence electrons. The maximum absolute atomic E-state index is 12.2. The maximum atomic E-state index is 12.2. The third-order valence-electron chi connectivity index (χ3n) is 2.75. The second-order valence-electron chi connectivity index (χ2n) is 3.98. The fraction of sp³-hybridized carbons (Fsp3) is 0.0714. The highest BCUT2D eigenvalue weighted by Gasteiger charge is 2.04. The summed E-state index contributed by atoms with van der Waals surface area (Å²) in [6.45, 7) is 0.422. The van der Waals surface area contributed by atoms with Gasteiger partial charge in [-0.2, -0.15) is 0 Å². The Morgan fingerprint density at radius 3 is 2.72 bits per heavy atom. The number of rotatable bonds is 2. The molecule has 1 aromatic heterocycles. The van der Waals surface area contributed by atoms with Gasteiger partial charge >= 0.3 is 0 Å². The molecule has 1 heterocycles. The van der Waals surface area contributed by atoms with Crippen LogP contribution in [0.4, 0.5) is 0 Å². The van der Waals surface area contributed by atoms with Gasteiger partial charge in [-0.3, -0.25) is 4.79 Å². The van der Waals surface area contributed by atoms with Gasteiger partial charge in [0.1, 0.15) is 5.52 Å². The van der Waals surface area contributed by atoms with Crippen molar-refractivity contribution in [1.82, 2.24) is 15.0 Å². The van der Waals surface area contributed by atoms with Crippen LogP contribution in [0.25, 0.3) is 10.9 Å². The lowest BCUT2D eigenvalue weighted by Gasteiger charge is -2.04. The van der Waals surface area contributed by atoms with Crippen molar-refractivity contribution in [3.05, 3.63) is 70.5 Å². The molecule has 18 heavy (non-hydrogen) atoms. The van der Waals surface area contributed by atoms with Crippen LogP contribution in [0.2, 0.25) is 0 Å². The molecular weight excluding hydrogens is 226 g/mol. The van der Waals surface area contributed by atoms with E-state index in [-0.39, 0.29) is 5.56 Å². The number of aromatic nitrogens is 3. The molecular formula is C14H10N3O. The number of hydrogen-bond donors (Lipinski definition) is 0. The Morgan fingerprint density at radius 1 is 1.11 bits per heavy atom. The molecule has 0 atom stereocenters. The third-order valence-corrected chi connectivity index (χ3v) is 2.75. The van der Waals surface area contributed by atoms with Crippen LogP contribution >= 0.6 is 0 Å². The van der Waals surface area contributed by atoms with E-state index in [1.165, 1.54) is 4.68 Å². The number of nitrogens with zero attached hydrogens (tertiary/aromatic N) is 3. The molecule has 0 aliphatic rings. The minimum absolute atomic E-state index is 0.117. The molecule has 3 aromatic rings. The smallest absolute Gasteiger partial charge is 0.267 e. The summed E-state index contributed by atoms with van der Waals surface area (Å²) >= 11 is 0. The molecule has 0 spiro atoms. The highest BCUT2D eigenvalue weighted by atomic mass is 16.1. The van der Waals surface area contributed by atoms with Crippen molar-refractivity contribution in [3.8, 4) is 0 Å². The van der Waals surface area contributed by atoms with Gasteiger partial charge < -0.3 is 0 Å². The highest BCUT2D eigenvalue weighted by Crippen LogP contribution is 2.04. The second-order valence-corrected chi connectivity index (χ2v) is 3.98. The average molecular weight is 236 g/mol. The Kier molecular flexibility index (Phi) is 2.61. The van der Waals surface area contributed by atoms with Crippen LogP contribution in [0.1, 0.15) is 5.56 Å². The van der Waals surface area contributed by atoms with Crippen LogP contribution in [-0.4, -0.2) is 15.0 Å². The molecule has 0 saturated carbocycles. The highest BCUT2D eigenvalue weighted by molar-refractivity contribution is 5.76. The number of fused-ring (bicyclic) bond motifs is 1. The molecule has 0 unspecified atom stereocenters. The Labute approximate surface area is 104 Å². The lowest BCUT2D eigenvalue weighted by Crippen LogP contribution is -2.24. The van der Waals surface area contributed by atoms with Gasteiger partial charge in [0.15, 0.2) is 0 Å². The fourth-order valence-corrected chi connectivity index (χ4v) is 1.83. The fourth-order valence-electron chi connectivity index (χ4n) is 1.83. The summed E-state index contributed by atoms with van der Waals surface area (Å²) in [6, 6.07) is 17.6. The van der Waals surface area contributed by atoms with Gasteiger partial charge in [-0.15, -0.1) is 5.10 Å². The summed E-state index contributed by atoms with van der Waals surface area (Å²) in [5.41, 5.74) is 1.51. The zero-order chi connectivity index (χ0) is 12.4. The van der Waals surface area contributed by atoms with E-state index in [4.69, 9.17) is 0 Å². The largest absolute Gasteiger partial charge is 0.277 e. The molecule has 3 rings (SSSR count). The Morgan fingerprint density at radius 2 is 1.89 bits per heavy atom. The quantitative estimate of drug-likeness (QED) is 0.679. The van der Waals surface area contributed by atoms with E-state index in [1.54, 1.807) is 12.1 Å². The summed E-state index contributed by atoms with van der Waals surface area (Å²) < 4.78 is 1.37. The lowest BCUT2D eigenvalue weighted by atomic mass is 10.2. The first-order valence-electron chi connectivity index (χ1n) is 5.62. The van der Waals surface area contributed by atoms with E-state index >= 15 is 0 Å². The monoisotopic (exact) mass is 236 g/mol. The first-order chi connectivity index (χ1) is 8.84. The minimum atomic E-state index is -0.117. The summed E-state index contributed by atoms with van der Waals surface area (Å²) in [5.74, 6) is 0. The third kappa shape index (κ3) is 1.88. The van der Waals surface area contributed by atoms with Crippen LogP contribution in [0.5, 0.6) is 0 Å². The van der Waals surface area contributed by atoms with Crippen molar-refractivity contribution in [2.45, 2.75) is 6.54 Å². The summed E-state index contributed by atoms with van der Waals surface area (Å²) in [4.78, 5) is 12.2. The number of hydrogen-bond acceptors (Lipinski definition) is 3. The van der Waals surface area contributed by atoms with Crippen molar-refractivity contribution < 1.29 is 0 Å². The first kappa shape index (κ1) is 10.7. The summed E-state index contributed by atoms with van der Waals surface area (Å²) in [5, 5.41) is 8.58. The minimum Gasteiger partial charge on any atom is -0.267 e. The van der Waals surface area contributed by atoms with Crippen LogP contribution in [0.3, 0.4) is 0 Å². The van der Waals surface area contributed by atoms with Gasteiger partial charge in [0.25, 0.3) is 5.56 Å². The molecule has 0 saturated heterocycles. The summed E-state index contributed by atoms with van der Waals surface area (Å²) in [6.07, 6.45) is 0. The van der Waals surface area contributed by atoms with Crippen molar-refractivity contribution in [2.75, 3.05) is 0 Å². The second kappa shape index (κ2) is 4.41. The zero-order valence-corrected chi connectivity index (χ0v) is 9.58. The predicted molar refractivity (Wildman–Crippen MR) is 68.2 cm³/mol. The molecule has 4 heteroatoms. The van der Waals surface area contributed by atoms with Crippen molar-refractivity contribution in [2.24, 2.45) is 0 Å². The van der Waals surface area contributed by atoms with E-state index in [2.05, 4.69) is 16.4 Å². The molecule has 0 amide bonds. The topological polar surface area (TPSA) is 47.8 Å². The Hall–Kier alpha value is -2.49. The molecule has 0 aliphatic carbocycles. The Balaban J connectivity index is 2.08. The Bertz CT molecular complexity index is 735. The first-order valence-corrected chi connectivity index (χ1v) is 5.62. The molecule has 2 aromatic carbocycles. The standard InChI is InChI=1S/C14H10N3O/c18-14-12-8-4-5-9-13(12)15-16-17(14)10-11-6-2-1-3-7-11/h2-9H,10H2. The van der Waals surface area contributed by atoms with E-state index in [1.807, 2.05) is 36.4 Å². The van der Waals surface area contributed by atoms with Gasteiger partial charge in [-0.25, -0.2) is 4.68 Å². The SMILES string of the molecule is O=c1c2ccccc2nnn1Cc1cc[c]cc1. The molecule has 0 fully saturated rings. The maximum Gasteiger partial charge on any atom is 0.277 e. The lowest BCUT2D eigenvalue weighted by molar-refractivity contribution is 0.601. The van der Waals surface area contributed by atoms with Crippen molar-refractivity contribution in [1.29, 1.82) is 0 Å². The van der Waals surface area contributed by atoms with Gasteiger partial charge in [0.2, 0.25) is 0 Å². The van der Waals surface area contributed by atoms with Crippen LogP contribution < -0.4 is 5.56 Å². The van der Waals surface area contributed by atoms with Gasteiger partial charge in [-0.1, -0.05) is 41.6 Å². The van der Waals surface area contributed by atoms with Crippen LogP contribution in [0.15, 0.2) is 53.3 Å². The van der Waals surface area contributed by atoms with E-state index in [9.17, 15) is 4.79 Å². The average Bonchev–Trinajstić information content (AvgIpc) is 2.43. The van der Waals surface area contributed by atoms with Crippen molar-refractivity contribution in [3.63, 3.8) is 0 Å². The molecule has 0 N–H and O–H groups in total. The molecule has 0 bridgehead atoms. The van der Waals surface area contributed by atoms with E-state index < -0.39 is 0 Å². The van der Waals surface area contributed by atoms with Crippen LogP contribution in [0, 0.1) is 6.07 Å². The van der Waals surface area contributed by atoms with Gasteiger partial charge in [0.05, 0.1) is 11.9 Å². The molecule has 1 radical (unpaired) electrons. The van der Waals surface area contributed by atoms with Crippen molar-refractivity contribution >= 4 is 10.9 Å². The van der Waals surface area contributed by atoms with E-state index in [0.717, 1.165) is 5.56 Å². The molecule has 0 aliphatic heterocycles. The number of benzene rings is 2. The predicted octanol–water partition coefficient (Wildman–Crippen LogP) is 1.64. The zero-order valence-electron chi connectivity index (χ0n) is 9.58. The van der Waals surface area contributed by atoms with E-state index in [0.29, 0.717) is 17.4 Å². The van der Waals surface area contributed by atoms with Gasteiger partial charge in [-0.05, 0) is 23.8 Å². The van der Waals surface area contributed by atoms with Gasteiger partial charge in [0, 0.05) is 0 Å². The molecule has 4 nitrogen and oxygen atoms in total. The van der Waals surface area contributed by atoms with Crippen LogP contribution in [-0.2, 0) is 6.54 Å². The normalized spacial score (nSPS) is 10.7.